The molecule has 180 valence electrons. The van der Waals surface area contributed by atoms with Crippen LogP contribution in [0.2, 0.25) is 10.0 Å². The monoisotopic (exact) mass is 509 g/mol. The second kappa shape index (κ2) is 10.4. The topological polar surface area (TPSA) is 81.2 Å². The minimum atomic E-state index is 0.368. The molecule has 0 unspecified atom stereocenters. The van der Waals surface area contributed by atoms with Crippen LogP contribution >= 0.6 is 23.2 Å². The summed E-state index contributed by atoms with van der Waals surface area (Å²) in [7, 11) is 3.07. The van der Waals surface area contributed by atoms with Gasteiger partial charge in [-0.1, -0.05) is 48.8 Å². The van der Waals surface area contributed by atoms with Crippen LogP contribution in [0.1, 0.15) is 18.9 Å². The maximum atomic E-state index is 6.57. The van der Waals surface area contributed by atoms with E-state index in [0.29, 0.717) is 44.3 Å². The summed E-state index contributed by atoms with van der Waals surface area (Å²) in [4.78, 5) is 13.6. The molecule has 0 spiro atoms. The van der Waals surface area contributed by atoms with Gasteiger partial charge in [-0.15, -0.1) is 0 Å². The van der Waals surface area contributed by atoms with Crippen LogP contribution in [0.3, 0.4) is 0 Å². The van der Waals surface area contributed by atoms with E-state index < -0.39 is 0 Å². The fraction of sp³-hybridized carbons (Fsp3) is 0.192. The third-order valence-electron chi connectivity index (χ3n) is 5.54. The lowest BCUT2D eigenvalue weighted by molar-refractivity contribution is 0.395. The molecule has 0 aliphatic heterocycles. The Hall–Kier alpha value is -3.55. The number of fused-ring (bicyclic) bond motifs is 1. The van der Waals surface area contributed by atoms with E-state index >= 15 is 0 Å². The molecule has 2 aromatic carbocycles. The number of ether oxygens (including phenoxy) is 2. The third-order valence-corrected chi connectivity index (χ3v) is 6.29. The van der Waals surface area contributed by atoms with Gasteiger partial charge in [0.1, 0.15) is 11.5 Å². The Morgan fingerprint density at radius 3 is 2.40 bits per heavy atom. The Balaban J connectivity index is 1.72. The number of aromatic nitrogens is 3. The predicted molar refractivity (Wildman–Crippen MR) is 143 cm³/mol. The van der Waals surface area contributed by atoms with Crippen molar-refractivity contribution in [3.05, 3.63) is 70.6 Å². The minimum Gasteiger partial charge on any atom is -0.495 e. The number of nitrogens with zero attached hydrogens (tertiary/aromatic N) is 3. The molecule has 0 aliphatic rings. The first-order chi connectivity index (χ1) is 16.9. The van der Waals surface area contributed by atoms with Gasteiger partial charge in [-0.05, 0) is 31.0 Å². The van der Waals surface area contributed by atoms with Crippen LogP contribution in [0.15, 0.2) is 55.0 Å². The van der Waals surface area contributed by atoms with Gasteiger partial charge in [-0.3, -0.25) is 0 Å². The van der Waals surface area contributed by atoms with Crippen molar-refractivity contribution in [1.29, 1.82) is 0 Å². The smallest absolute Gasteiger partial charge is 0.229 e. The van der Waals surface area contributed by atoms with Gasteiger partial charge in [0.05, 0.1) is 35.6 Å². The molecule has 0 amide bonds. The molecule has 2 aromatic heterocycles. The molecule has 0 fully saturated rings. The highest BCUT2D eigenvalue weighted by molar-refractivity contribution is 6.41. The van der Waals surface area contributed by atoms with E-state index in [2.05, 4.69) is 32.2 Å². The van der Waals surface area contributed by atoms with E-state index in [1.165, 1.54) is 14.2 Å². The quantitative estimate of drug-likeness (QED) is 0.256. The molecule has 4 rings (SSSR count). The Labute approximate surface area is 214 Å². The molecular weight excluding hydrogens is 485 g/mol. The number of rotatable bonds is 8. The Morgan fingerprint density at radius 1 is 1.03 bits per heavy atom. The Kier molecular flexibility index (Phi) is 7.28. The van der Waals surface area contributed by atoms with Crippen LogP contribution in [0, 0.1) is 6.92 Å². The van der Waals surface area contributed by atoms with E-state index in [4.69, 9.17) is 32.7 Å². The Bertz CT molecular complexity index is 1400. The minimum absolute atomic E-state index is 0.368. The summed E-state index contributed by atoms with van der Waals surface area (Å²) in [5.41, 5.74) is 5.51. The number of halogens is 2. The van der Waals surface area contributed by atoms with Crippen molar-refractivity contribution in [3.63, 3.8) is 0 Å². The largest absolute Gasteiger partial charge is 0.495 e. The molecule has 0 saturated carbocycles. The van der Waals surface area contributed by atoms with Crippen molar-refractivity contribution in [2.45, 2.75) is 20.3 Å². The lowest BCUT2D eigenvalue weighted by Gasteiger charge is -2.16. The van der Waals surface area contributed by atoms with E-state index in [1.54, 1.807) is 18.5 Å². The molecule has 0 saturated heterocycles. The van der Waals surface area contributed by atoms with Crippen LogP contribution in [-0.4, -0.2) is 29.2 Å². The number of para-hydroxylation sites is 1. The molecule has 9 heteroatoms. The number of pyridine rings is 1. The number of aryl methyl sites for hydroxylation is 1. The molecule has 0 aliphatic carbocycles. The molecule has 4 aromatic rings. The van der Waals surface area contributed by atoms with Crippen molar-refractivity contribution < 1.29 is 9.47 Å². The summed E-state index contributed by atoms with van der Waals surface area (Å²) in [5.74, 6) is 1.33. The van der Waals surface area contributed by atoms with Crippen LogP contribution in [0.25, 0.3) is 22.2 Å². The average molecular weight is 510 g/mol. The number of methoxy groups -OCH3 is 2. The number of hydrogen-bond acceptors (Lipinski definition) is 7. The molecular formula is C26H25Cl2N5O2. The van der Waals surface area contributed by atoms with E-state index in [9.17, 15) is 0 Å². The summed E-state index contributed by atoms with van der Waals surface area (Å²) in [6.45, 7) is 8.11. The molecule has 0 bridgehead atoms. The zero-order valence-electron chi connectivity index (χ0n) is 19.9. The zero-order chi connectivity index (χ0) is 25.1. The maximum Gasteiger partial charge on any atom is 0.229 e. The summed E-state index contributed by atoms with van der Waals surface area (Å²) >= 11 is 13.1. The first-order valence-electron chi connectivity index (χ1n) is 10.9. The third kappa shape index (κ3) is 4.97. The van der Waals surface area contributed by atoms with Gasteiger partial charge < -0.3 is 20.1 Å². The number of benzene rings is 2. The standard InChI is InChI=1S/C26H25Cl2N5O2/c1-6-15(3)31-18-9-7-8-14(2)24(18)32-26-30-13-17-10-16(12-29-25(17)33-26)21-22(27)19(34-4)11-20(35-5)23(21)28/h7-13,31H,3,6H2,1-2,4-5H3,(H,29,30,32,33). The lowest BCUT2D eigenvalue weighted by Crippen LogP contribution is -2.05. The number of allylic oxidation sites excluding steroid dienone is 1. The van der Waals surface area contributed by atoms with Gasteiger partial charge in [0.15, 0.2) is 5.65 Å². The number of hydrogen-bond donors (Lipinski definition) is 2. The molecule has 0 radical (unpaired) electrons. The van der Waals surface area contributed by atoms with E-state index in [1.807, 2.05) is 38.1 Å². The van der Waals surface area contributed by atoms with Gasteiger partial charge in [-0.25, -0.2) is 9.97 Å². The van der Waals surface area contributed by atoms with Gasteiger partial charge >= 0.3 is 0 Å². The van der Waals surface area contributed by atoms with E-state index in [-0.39, 0.29) is 0 Å². The van der Waals surface area contributed by atoms with Crippen molar-refractivity contribution in [3.8, 4) is 22.6 Å². The summed E-state index contributed by atoms with van der Waals surface area (Å²) in [5, 5.41) is 8.12. The number of nitrogens with one attached hydrogen (secondary N) is 2. The lowest BCUT2D eigenvalue weighted by atomic mass is 10.1. The normalized spacial score (nSPS) is 10.8. The van der Waals surface area contributed by atoms with Crippen LogP contribution < -0.4 is 20.1 Å². The van der Waals surface area contributed by atoms with Gasteiger partial charge in [0, 0.05) is 40.7 Å². The maximum absolute atomic E-state index is 6.57. The fourth-order valence-corrected chi connectivity index (χ4v) is 4.31. The van der Waals surface area contributed by atoms with E-state index in [0.717, 1.165) is 34.4 Å². The van der Waals surface area contributed by atoms with Crippen molar-refractivity contribution in [1.82, 2.24) is 15.0 Å². The highest BCUT2D eigenvalue weighted by Gasteiger charge is 2.19. The molecule has 7 nitrogen and oxygen atoms in total. The van der Waals surface area contributed by atoms with Crippen molar-refractivity contribution >= 4 is 51.6 Å². The average Bonchev–Trinajstić information content (AvgIpc) is 2.86. The van der Waals surface area contributed by atoms with Gasteiger partial charge in [-0.2, -0.15) is 4.98 Å². The highest BCUT2D eigenvalue weighted by atomic mass is 35.5. The molecule has 35 heavy (non-hydrogen) atoms. The second-order valence-corrected chi connectivity index (χ2v) is 8.57. The first kappa shape index (κ1) is 24.6. The summed E-state index contributed by atoms with van der Waals surface area (Å²) in [6.07, 6.45) is 4.19. The molecule has 2 N–H and O–H groups in total. The summed E-state index contributed by atoms with van der Waals surface area (Å²) < 4.78 is 10.8. The Morgan fingerprint density at radius 2 is 1.74 bits per heavy atom. The fourth-order valence-electron chi connectivity index (χ4n) is 3.59. The highest BCUT2D eigenvalue weighted by Crippen LogP contribution is 2.46. The van der Waals surface area contributed by atoms with Crippen molar-refractivity contribution in [2.75, 3.05) is 24.9 Å². The van der Waals surface area contributed by atoms with Crippen LogP contribution in [-0.2, 0) is 0 Å². The SMILES string of the molecule is C=C(CC)Nc1cccc(C)c1Nc1ncc2cc(-c3c(Cl)c(OC)cc(OC)c3Cl)cnc2n1. The van der Waals surface area contributed by atoms with Crippen LogP contribution in [0.4, 0.5) is 17.3 Å². The summed E-state index contributed by atoms with van der Waals surface area (Å²) in [6, 6.07) is 9.51. The van der Waals surface area contributed by atoms with Crippen LogP contribution in [0.5, 0.6) is 11.5 Å². The second-order valence-electron chi connectivity index (χ2n) is 7.82. The van der Waals surface area contributed by atoms with Gasteiger partial charge in [0.25, 0.3) is 0 Å². The number of anilines is 3. The predicted octanol–water partition coefficient (Wildman–Crippen LogP) is 7.40. The molecule has 2 heterocycles. The molecule has 0 atom stereocenters. The van der Waals surface area contributed by atoms with Gasteiger partial charge in [0.2, 0.25) is 5.95 Å². The first-order valence-corrected chi connectivity index (χ1v) is 11.7. The zero-order valence-corrected chi connectivity index (χ0v) is 21.4. The van der Waals surface area contributed by atoms with Crippen molar-refractivity contribution in [2.24, 2.45) is 0 Å².